The summed E-state index contributed by atoms with van der Waals surface area (Å²) in [5.74, 6) is 0. The van der Waals surface area contributed by atoms with Gasteiger partial charge < -0.3 is 4.55 Å². The molecular weight excluding hydrogens is 302 g/mol. The molecule has 0 amide bonds. The minimum absolute atomic E-state index is 0.00806. The molecule has 0 aromatic heterocycles. The summed E-state index contributed by atoms with van der Waals surface area (Å²) in [6.45, 7) is 0. The maximum Gasteiger partial charge on any atom is 0.325 e. The molecule has 0 aliphatic rings. The Morgan fingerprint density at radius 1 is 1.15 bits per heavy atom. The maximum atomic E-state index is 12.5. The fourth-order valence-corrected chi connectivity index (χ4v) is 3.11. The first kappa shape index (κ1) is 14.5. The zero-order valence-corrected chi connectivity index (χ0v) is 11.6. The molecule has 0 saturated heterocycles. The molecular formula is C13H8ClNO4S. The Bertz CT molecular complexity index is 677. The van der Waals surface area contributed by atoms with Crippen molar-refractivity contribution in [3.63, 3.8) is 0 Å². The SMILES string of the molecule is O=Cc1ccccc1[S+]([O-])c1ccc(Cl)cc1[N+](=O)[O-]. The van der Waals surface area contributed by atoms with Crippen LogP contribution in [0.2, 0.25) is 5.02 Å². The second-order valence-electron chi connectivity index (χ2n) is 3.79. The number of nitrogens with zero attached hydrogens (tertiary/aromatic N) is 1. The first-order valence-electron chi connectivity index (χ1n) is 5.44. The van der Waals surface area contributed by atoms with Crippen molar-refractivity contribution in [2.45, 2.75) is 9.79 Å². The van der Waals surface area contributed by atoms with E-state index >= 15 is 0 Å². The number of hydrogen-bond acceptors (Lipinski definition) is 4. The number of hydrogen-bond donors (Lipinski definition) is 0. The standard InChI is InChI=1S/C13H8ClNO4S/c14-10-5-6-13(11(7-10)15(17)18)20(19)12-4-2-1-3-9(12)8-16/h1-8H. The largest absolute Gasteiger partial charge is 0.606 e. The van der Waals surface area contributed by atoms with Crippen molar-refractivity contribution in [2.75, 3.05) is 0 Å². The molecule has 0 fully saturated rings. The Hall–Kier alpha value is -1.89. The van der Waals surface area contributed by atoms with Gasteiger partial charge in [-0.15, -0.1) is 0 Å². The van der Waals surface area contributed by atoms with Crippen LogP contribution in [0.15, 0.2) is 52.3 Å². The number of carbonyl (C=O) groups is 1. The highest BCUT2D eigenvalue weighted by Gasteiger charge is 2.28. The third-order valence-electron chi connectivity index (χ3n) is 2.56. The summed E-state index contributed by atoms with van der Waals surface area (Å²) in [5, 5.41) is 11.2. The summed E-state index contributed by atoms with van der Waals surface area (Å²) < 4.78 is 12.5. The van der Waals surface area contributed by atoms with Gasteiger partial charge in [-0.3, -0.25) is 14.9 Å². The van der Waals surface area contributed by atoms with E-state index in [9.17, 15) is 19.5 Å². The number of halogens is 1. The lowest BCUT2D eigenvalue weighted by Crippen LogP contribution is -2.08. The lowest BCUT2D eigenvalue weighted by molar-refractivity contribution is -0.387. The molecule has 7 heteroatoms. The highest BCUT2D eigenvalue weighted by molar-refractivity contribution is 7.91. The van der Waals surface area contributed by atoms with Gasteiger partial charge in [0.05, 0.1) is 10.5 Å². The average Bonchev–Trinajstić information content (AvgIpc) is 2.46. The normalized spacial score (nSPS) is 11.9. The predicted octanol–water partition coefficient (Wildman–Crippen LogP) is 3.23. The Morgan fingerprint density at radius 3 is 2.50 bits per heavy atom. The van der Waals surface area contributed by atoms with Crippen molar-refractivity contribution >= 4 is 34.8 Å². The molecule has 2 aromatic carbocycles. The van der Waals surface area contributed by atoms with Crippen molar-refractivity contribution < 1.29 is 14.3 Å². The molecule has 0 bridgehead atoms. The molecule has 20 heavy (non-hydrogen) atoms. The molecule has 0 saturated carbocycles. The zero-order valence-electron chi connectivity index (χ0n) is 9.99. The Labute approximate surface area is 122 Å². The van der Waals surface area contributed by atoms with E-state index in [1.165, 1.54) is 24.3 Å². The topological polar surface area (TPSA) is 83.3 Å². The zero-order chi connectivity index (χ0) is 14.7. The minimum Gasteiger partial charge on any atom is -0.606 e. The molecule has 102 valence electrons. The Balaban J connectivity index is 2.56. The van der Waals surface area contributed by atoms with Crippen molar-refractivity contribution in [2.24, 2.45) is 0 Å². The first-order valence-corrected chi connectivity index (χ1v) is 6.97. The Morgan fingerprint density at radius 2 is 1.85 bits per heavy atom. The van der Waals surface area contributed by atoms with Gasteiger partial charge in [0.2, 0.25) is 4.90 Å². The van der Waals surface area contributed by atoms with Crippen LogP contribution in [-0.4, -0.2) is 15.8 Å². The van der Waals surface area contributed by atoms with Gasteiger partial charge in [0, 0.05) is 28.3 Å². The van der Waals surface area contributed by atoms with E-state index in [1.54, 1.807) is 12.1 Å². The molecule has 0 aliphatic heterocycles. The van der Waals surface area contributed by atoms with E-state index in [0.717, 1.165) is 6.07 Å². The summed E-state index contributed by atoms with van der Waals surface area (Å²) in [4.78, 5) is 21.5. The van der Waals surface area contributed by atoms with Crippen LogP contribution < -0.4 is 0 Å². The number of carbonyl (C=O) groups excluding carboxylic acids is 1. The van der Waals surface area contributed by atoms with Crippen LogP contribution in [0.4, 0.5) is 5.69 Å². The smallest absolute Gasteiger partial charge is 0.325 e. The summed E-state index contributed by atoms with van der Waals surface area (Å²) in [6.07, 6.45) is 0.564. The molecule has 0 heterocycles. The second kappa shape index (κ2) is 6.04. The van der Waals surface area contributed by atoms with Crippen LogP contribution in [0.5, 0.6) is 0 Å². The van der Waals surface area contributed by atoms with E-state index in [1.807, 2.05) is 0 Å². The average molecular weight is 310 g/mol. The molecule has 0 radical (unpaired) electrons. The number of nitro benzene ring substituents is 1. The van der Waals surface area contributed by atoms with Gasteiger partial charge in [-0.25, -0.2) is 0 Å². The quantitative estimate of drug-likeness (QED) is 0.376. The van der Waals surface area contributed by atoms with E-state index in [0.29, 0.717) is 6.29 Å². The van der Waals surface area contributed by atoms with Crippen LogP contribution >= 0.6 is 11.6 Å². The highest BCUT2D eigenvalue weighted by atomic mass is 35.5. The number of rotatable bonds is 4. The van der Waals surface area contributed by atoms with Crippen LogP contribution in [-0.2, 0) is 11.2 Å². The van der Waals surface area contributed by atoms with Crippen LogP contribution in [0.1, 0.15) is 10.4 Å². The summed E-state index contributed by atoms with van der Waals surface area (Å²) in [5.41, 5.74) is -0.105. The van der Waals surface area contributed by atoms with E-state index < -0.39 is 16.1 Å². The fraction of sp³-hybridized carbons (Fsp3) is 0. The number of benzene rings is 2. The van der Waals surface area contributed by atoms with Crippen LogP contribution in [0.3, 0.4) is 0 Å². The van der Waals surface area contributed by atoms with Crippen LogP contribution in [0.25, 0.3) is 0 Å². The third kappa shape index (κ3) is 2.82. The maximum absolute atomic E-state index is 12.5. The highest BCUT2D eigenvalue weighted by Crippen LogP contribution is 2.32. The lowest BCUT2D eigenvalue weighted by atomic mass is 10.2. The third-order valence-corrected chi connectivity index (χ3v) is 4.31. The fourth-order valence-electron chi connectivity index (χ4n) is 1.66. The molecule has 1 unspecified atom stereocenters. The van der Waals surface area contributed by atoms with Gasteiger partial charge in [0.25, 0.3) is 0 Å². The lowest BCUT2D eigenvalue weighted by Gasteiger charge is -2.11. The molecule has 0 spiro atoms. The molecule has 2 rings (SSSR count). The predicted molar refractivity (Wildman–Crippen MR) is 74.6 cm³/mol. The first-order chi connectivity index (χ1) is 9.54. The Kier molecular flexibility index (Phi) is 4.39. The summed E-state index contributed by atoms with van der Waals surface area (Å²) in [6, 6.07) is 10.1. The van der Waals surface area contributed by atoms with Gasteiger partial charge in [0.15, 0.2) is 11.2 Å². The van der Waals surface area contributed by atoms with Gasteiger partial charge in [0.1, 0.15) is 0 Å². The summed E-state index contributed by atoms with van der Waals surface area (Å²) in [7, 11) is 0. The van der Waals surface area contributed by atoms with Gasteiger partial charge in [-0.05, 0) is 18.2 Å². The van der Waals surface area contributed by atoms with Crippen molar-refractivity contribution in [1.29, 1.82) is 0 Å². The van der Waals surface area contributed by atoms with Gasteiger partial charge in [-0.2, -0.15) is 0 Å². The van der Waals surface area contributed by atoms with Crippen molar-refractivity contribution in [3.05, 3.63) is 63.2 Å². The summed E-state index contributed by atoms with van der Waals surface area (Å²) >= 11 is 3.88. The molecule has 1 atom stereocenters. The molecule has 0 N–H and O–H groups in total. The number of aldehydes is 1. The molecule has 5 nitrogen and oxygen atoms in total. The minimum atomic E-state index is -1.83. The van der Waals surface area contributed by atoms with E-state index in [-0.39, 0.29) is 26.1 Å². The number of nitro groups is 1. The van der Waals surface area contributed by atoms with Crippen molar-refractivity contribution in [3.8, 4) is 0 Å². The molecule has 2 aromatic rings. The van der Waals surface area contributed by atoms with Gasteiger partial charge in [-0.1, -0.05) is 23.7 Å². The second-order valence-corrected chi connectivity index (χ2v) is 5.65. The van der Waals surface area contributed by atoms with Crippen molar-refractivity contribution in [1.82, 2.24) is 0 Å². The van der Waals surface area contributed by atoms with Gasteiger partial charge >= 0.3 is 5.69 Å². The molecule has 0 aliphatic carbocycles. The van der Waals surface area contributed by atoms with E-state index in [2.05, 4.69) is 0 Å². The van der Waals surface area contributed by atoms with E-state index in [4.69, 9.17) is 11.6 Å². The monoisotopic (exact) mass is 309 g/mol. The van der Waals surface area contributed by atoms with Crippen LogP contribution in [0, 0.1) is 10.1 Å².